The second-order valence-electron chi connectivity index (χ2n) is 5.45. The summed E-state index contributed by atoms with van der Waals surface area (Å²) in [4.78, 5) is 6.72. The highest BCUT2D eigenvalue weighted by Gasteiger charge is 2.05. The lowest BCUT2D eigenvalue weighted by molar-refractivity contribution is 0.578. The number of nitrogens with zero attached hydrogens (tertiary/aromatic N) is 2. The summed E-state index contributed by atoms with van der Waals surface area (Å²) in [6, 6.07) is 10.4. The van der Waals surface area contributed by atoms with Crippen molar-refractivity contribution in [1.82, 2.24) is 10.2 Å². The lowest BCUT2D eigenvalue weighted by Gasteiger charge is -2.18. The molecule has 0 radical (unpaired) electrons. The Kier molecular flexibility index (Phi) is 5.66. The van der Waals surface area contributed by atoms with Crippen LogP contribution >= 0.6 is 0 Å². The molecule has 0 spiro atoms. The van der Waals surface area contributed by atoms with E-state index in [0.29, 0.717) is 0 Å². The normalized spacial score (nSPS) is 15.1. The van der Waals surface area contributed by atoms with E-state index in [2.05, 4.69) is 40.7 Å². The number of hydrogen-bond donors (Lipinski definition) is 1. The van der Waals surface area contributed by atoms with Crippen LogP contribution in [0, 0.1) is 0 Å². The quantitative estimate of drug-likeness (QED) is 0.506. The van der Waals surface area contributed by atoms with E-state index in [0.717, 1.165) is 25.5 Å². The third-order valence-corrected chi connectivity index (χ3v) is 3.54. The molecule has 2 rings (SSSR count). The number of nitrogens with one attached hydrogen (secondary N) is 1. The predicted molar refractivity (Wildman–Crippen MR) is 85.8 cm³/mol. The zero-order valence-corrected chi connectivity index (χ0v) is 12.6. The summed E-state index contributed by atoms with van der Waals surface area (Å²) in [5, 5.41) is 3.45. The van der Waals surface area contributed by atoms with E-state index >= 15 is 0 Å². The minimum atomic E-state index is 0.726. The molecular formula is C17H25N3. The van der Waals surface area contributed by atoms with Crippen molar-refractivity contribution in [2.24, 2.45) is 4.99 Å². The van der Waals surface area contributed by atoms with Crippen LogP contribution < -0.4 is 5.32 Å². The average Bonchev–Trinajstić information content (AvgIpc) is 2.96. The van der Waals surface area contributed by atoms with Crippen molar-refractivity contribution >= 4 is 5.96 Å². The summed E-state index contributed by atoms with van der Waals surface area (Å²) in [6.45, 7) is 1.70. The maximum absolute atomic E-state index is 4.67. The number of allylic oxidation sites excluding steroid dienone is 1. The minimum absolute atomic E-state index is 0.726. The Morgan fingerprint density at radius 2 is 2.05 bits per heavy atom. The molecule has 0 fully saturated rings. The van der Waals surface area contributed by atoms with E-state index in [4.69, 9.17) is 0 Å². The lowest BCUT2D eigenvalue weighted by Crippen LogP contribution is -2.37. The molecule has 1 aliphatic rings. The predicted octanol–water partition coefficient (Wildman–Crippen LogP) is 3.19. The van der Waals surface area contributed by atoms with Gasteiger partial charge in [-0.1, -0.05) is 42.0 Å². The van der Waals surface area contributed by atoms with E-state index in [1.807, 2.05) is 25.1 Å². The number of aliphatic imine (C=N–C) groups is 1. The van der Waals surface area contributed by atoms with E-state index in [9.17, 15) is 0 Å². The Bertz CT molecular complexity index is 460. The molecule has 0 saturated heterocycles. The Morgan fingerprint density at radius 1 is 1.25 bits per heavy atom. The first-order valence-corrected chi connectivity index (χ1v) is 7.43. The first kappa shape index (κ1) is 14.6. The maximum atomic E-state index is 4.67. The molecule has 20 heavy (non-hydrogen) atoms. The molecule has 108 valence electrons. The molecule has 1 aliphatic carbocycles. The average molecular weight is 271 g/mol. The van der Waals surface area contributed by atoms with Crippen molar-refractivity contribution in [2.75, 3.05) is 20.6 Å². The Morgan fingerprint density at radius 3 is 2.70 bits per heavy atom. The van der Waals surface area contributed by atoms with Crippen molar-refractivity contribution in [3.63, 3.8) is 0 Å². The molecule has 0 aliphatic heterocycles. The van der Waals surface area contributed by atoms with Crippen LogP contribution in [0.3, 0.4) is 0 Å². The summed E-state index contributed by atoms with van der Waals surface area (Å²) in [5.41, 5.74) is 2.84. The van der Waals surface area contributed by atoms with Crippen molar-refractivity contribution in [1.29, 1.82) is 0 Å². The molecule has 0 saturated carbocycles. The second kappa shape index (κ2) is 7.73. The molecule has 0 aromatic heterocycles. The molecule has 3 nitrogen and oxygen atoms in total. The standard InChI is InChI=1S/C17H25N3/c1-20(2)17(18-13-12-15-8-6-7-9-15)19-14-16-10-4-3-5-11-16/h3-5,8,10-11H,6-7,9,12-14H2,1-2H3,(H,18,19). The molecule has 0 atom stereocenters. The van der Waals surface area contributed by atoms with Crippen molar-refractivity contribution in [3.05, 3.63) is 47.5 Å². The summed E-state index contributed by atoms with van der Waals surface area (Å²) in [5.74, 6) is 0.965. The molecule has 1 aromatic carbocycles. The fourth-order valence-corrected chi connectivity index (χ4v) is 2.40. The SMILES string of the molecule is CN(C)C(=NCc1ccccc1)NCCC1=CCCC1. The molecule has 1 N–H and O–H groups in total. The van der Waals surface area contributed by atoms with E-state index in [1.165, 1.54) is 24.8 Å². The third kappa shape index (κ3) is 4.72. The second-order valence-corrected chi connectivity index (χ2v) is 5.45. The Labute approximate surface area is 122 Å². The summed E-state index contributed by atoms with van der Waals surface area (Å²) in [6.07, 6.45) is 7.40. The molecule has 0 unspecified atom stereocenters. The summed E-state index contributed by atoms with van der Waals surface area (Å²) < 4.78 is 0. The van der Waals surface area contributed by atoms with Crippen molar-refractivity contribution in [3.8, 4) is 0 Å². The first-order chi connectivity index (χ1) is 9.75. The number of guanidine groups is 1. The van der Waals surface area contributed by atoms with Gasteiger partial charge in [-0.15, -0.1) is 0 Å². The van der Waals surface area contributed by atoms with Crippen LogP contribution in [-0.2, 0) is 6.54 Å². The molecule has 1 aromatic rings. The zero-order chi connectivity index (χ0) is 14.2. The van der Waals surface area contributed by atoms with Gasteiger partial charge in [0.1, 0.15) is 0 Å². The molecule has 0 amide bonds. The van der Waals surface area contributed by atoms with Gasteiger partial charge in [-0.2, -0.15) is 0 Å². The van der Waals surface area contributed by atoms with Gasteiger partial charge < -0.3 is 10.2 Å². The Hall–Kier alpha value is -1.77. The minimum Gasteiger partial charge on any atom is -0.356 e. The molecule has 3 heteroatoms. The monoisotopic (exact) mass is 271 g/mol. The van der Waals surface area contributed by atoms with Gasteiger partial charge in [0.25, 0.3) is 0 Å². The number of hydrogen-bond acceptors (Lipinski definition) is 1. The van der Waals surface area contributed by atoms with Crippen molar-refractivity contribution < 1.29 is 0 Å². The fraction of sp³-hybridized carbons (Fsp3) is 0.471. The fourth-order valence-electron chi connectivity index (χ4n) is 2.40. The highest BCUT2D eigenvalue weighted by Crippen LogP contribution is 2.19. The Balaban J connectivity index is 1.83. The van der Waals surface area contributed by atoms with Crippen molar-refractivity contribution in [2.45, 2.75) is 32.2 Å². The van der Waals surface area contributed by atoms with E-state index < -0.39 is 0 Å². The van der Waals surface area contributed by atoms with Gasteiger partial charge in [0.15, 0.2) is 5.96 Å². The van der Waals surface area contributed by atoms with Gasteiger partial charge in [0.2, 0.25) is 0 Å². The van der Waals surface area contributed by atoms with Gasteiger partial charge in [0.05, 0.1) is 6.54 Å². The van der Waals surface area contributed by atoms with E-state index in [-0.39, 0.29) is 0 Å². The zero-order valence-electron chi connectivity index (χ0n) is 12.6. The van der Waals surface area contributed by atoms with Gasteiger partial charge in [-0.25, -0.2) is 4.99 Å². The van der Waals surface area contributed by atoms with Crippen LogP contribution in [0.25, 0.3) is 0 Å². The van der Waals surface area contributed by atoms with Gasteiger partial charge in [-0.3, -0.25) is 0 Å². The van der Waals surface area contributed by atoms with Gasteiger partial charge >= 0.3 is 0 Å². The van der Waals surface area contributed by atoms with Crippen LogP contribution in [0.2, 0.25) is 0 Å². The van der Waals surface area contributed by atoms with Gasteiger partial charge in [-0.05, 0) is 31.2 Å². The van der Waals surface area contributed by atoms with Crippen LogP contribution in [-0.4, -0.2) is 31.5 Å². The lowest BCUT2D eigenvalue weighted by atomic mass is 10.2. The van der Waals surface area contributed by atoms with Crippen LogP contribution in [0.4, 0.5) is 0 Å². The smallest absolute Gasteiger partial charge is 0.193 e. The highest BCUT2D eigenvalue weighted by molar-refractivity contribution is 5.79. The molecule has 0 heterocycles. The molecule has 0 bridgehead atoms. The van der Waals surface area contributed by atoms with Crippen LogP contribution in [0.15, 0.2) is 47.0 Å². The first-order valence-electron chi connectivity index (χ1n) is 7.43. The number of benzene rings is 1. The summed E-state index contributed by atoms with van der Waals surface area (Å²) >= 11 is 0. The van der Waals surface area contributed by atoms with Crippen LogP contribution in [0.5, 0.6) is 0 Å². The number of rotatable bonds is 5. The van der Waals surface area contributed by atoms with Gasteiger partial charge in [0, 0.05) is 20.6 Å². The van der Waals surface area contributed by atoms with Crippen LogP contribution in [0.1, 0.15) is 31.2 Å². The molecular weight excluding hydrogens is 246 g/mol. The topological polar surface area (TPSA) is 27.6 Å². The largest absolute Gasteiger partial charge is 0.356 e. The highest BCUT2D eigenvalue weighted by atomic mass is 15.3. The van der Waals surface area contributed by atoms with E-state index in [1.54, 1.807) is 5.57 Å². The summed E-state index contributed by atoms with van der Waals surface area (Å²) in [7, 11) is 4.07. The third-order valence-electron chi connectivity index (χ3n) is 3.54. The maximum Gasteiger partial charge on any atom is 0.193 e.